The fourth-order valence-corrected chi connectivity index (χ4v) is 4.59. The van der Waals surface area contributed by atoms with Crippen molar-refractivity contribution in [3.05, 3.63) is 23.3 Å². The molecule has 2 aliphatic heterocycles. The van der Waals surface area contributed by atoms with Gasteiger partial charge in [0.05, 0.1) is 6.04 Å². The first-order valence-corrected chi connectivity index (χ1v) is 9.70. The summed E-state index contributed by atoms with van der Waals surface area (Å²) in [5.74, 6) is 0.0843. The molecule has 2 atom stereocenters. The van der Waals surface area contributed by atoms with E-state index >= 15 is 0 Å². The van der Waals surface area contributed by atoms with Gasteiger partial charge in [-0.15, -0.1) is 0 Å². The highest BCUT2D eigenvalue weighted by Crippen LogP contribution is 2.38. The van der Waals surface area contributed by atoms with Crippen LogP contribution < -0.4 is 10.6 Å². The zero-order chi connectivity index (χ0) is 17.9. The molecule has 0 saturated carbocycles. The second-order valence-corrected chi connectivity index (χ2v) is 7.69. The summed E-state index contributed by atoms with van der Waals surface area (Å²) in [6.45, 7) is 3.73. The minimum atomic E-state index is -0.733. The van der Waals surface area contributed by atoms with E-state index < -0.39 is 5.54 Å². The molecular formula is C20H31N3O2. The minimum absolute atomic E-state index is 0.0208. The van der Waals surface area contributed by atoms with Gasteiger partial charge < -0.3 is 15.5 Å². The van der Waals surface area contributed by atoms with Crippen molar-refractivity contribution in [2.45, 2.75) is 69.9 Å². The van der Waals surface area contributed by atoms with Crippen LogP contribution in [0.15, 0.2) is 23.3 Å². The summed E-state index contributed by atoms with van der Waals surface area (Å²) in [4.78, 5) is 27.9. The predicted molar refractivity (Wildman–Crippen MR) is 99.1 cm³/mol. The van der Waals surface area contributed by atoms with Crippen LogP contribution in [0.4, 0.5) is 0 Å². The van der Waals surface area contributed by atoms with E-state index in [9.17, 15) is 9.59 Å². The maximum Gasteiger partial charge on any atom is 0.246 e. The van der Waals surface area contributed by atoms with Crippen LogP contribution in [0.5, 0.6) is 0 Å². The van der Waals surface area contributed by atoms with Gasteiger partial charge >= 0.3 is 0 Å². The molecule has 0 aromatic heterocycles. The Morgan fingerprint density at radius 2 is 2.20 bits per heavy atom. The SMILES string of the molecule is CNC(=O)[C@@]1(CC2=CCCCC(C)=C2)CCCN1C(=O)C1CCCN1. The maximum atomic E-state index is 13.1. The Morgan fingerprint density at radius 3 is 2.92 bits per heavy atom. The Hall–Kier alpha value is -1.62. The molecule has 2 saturated heterocycles. The summed E-state index contributed by atoms with van der Waals surface area (Å²) in [6, 6.07) is -0.123. The molecule has 0 bridgehead atoms. The zero-order valence-corrected chi connectivity index (χ0v) is 15.6. The third-order valence-electron chi connectivity index (χ3n) is 5.87. The highest BCUT2D eigenvalue weighted by atomic mass is 16.2. The zero-order valence-electron chi connectivity index (χ0n) is 15.6. The van der Waals surface area contributed by atoms with Crippen molar-refractivity contribution in [2.75, 3.05) is 20.1 Å². The Kier molecular flexibility index (Phi) is 5.62. The molecule has 0 aromatic carbocycles. The van der Waals surface area contributed by atoms with Crippen LogP contribution >= 0.6 is 0 Å². The molecule has 2 fully saturated rings. The first kappa shape index (κ1) is 18.2. The molecule has 1 unspecified atom stereocenters. The van der Waals surface area contributed by atoms with Gasteiger partial charge in [0.2, 0.25) is 11.8 Å². The number of allylic oxidation sites excluding steroid dienone is 3. The minimum Gasteiger partial charge on any atom is -0.357 e. The van der Waals surface area contributed by atoms with Gasteiger partial charge in [0.15, 0.2) is 0 Å². The van der Waals surface area contributed by atoms with Gasteiger partial charge in [-0.3, -0.25) is 9.59 Å². The van der Waals surface area contributed by atoms with E-state index in [0.717, 1.165) is 51.5 Å². The van der Waals surface area contributed by atoms with Crippen molar-refractivity contribution in [1.82, 2.24) is 15.5 Å². The number of nitrogens with one attached hydrogen (secondary N) is 2. The number of amides is 2. The summed E-state index contributed by atoms with van der Waals surface area (Å²) in [7, 11) is 1.68. The topological polar surface area (TPSA) is 61.4 Å². The summed E-state index contributed by atoms with van der Waals surface area (Å²) in [5.41, 5.74) is 1.84. The Labute approximate surface area is 150 Å². The van der Waals surface area contributed by atoms with Crippen molar-refractivity contribution in [3.63, 3.8) is 0 Å². The molecule has 138 valence electrons. The summed E-state index contributed by atoms with van der Waals surface area (Å²) in [6.07, 6.45) is 12.0. The third-order valence-corrected chi connectivity index (χ3v) is 5.87. The van der Waals surface area contributed by atoms with Crippen LogP contribution in [0.3, 0.4) is 0 Å². The smallest absolute Gasteiger partial charge is 0.246 e. The van der Waals surface area contributed by atoms with Crippen LogP contribution in [-0.4, -0.2) is 48.4 Å². The van der Waals surface area contributed by atoms with E-state index in [4.69, 9.17) is 0 Å². The van der Waals surface area contributed by atoms with Gasteiger partial charge in [-0.2, -0.15) is 0 Å². The lowest BCUT2D eigenvalue weighted by Gasteiger charge is -2.38. The first-order chi connectivity index (χ1) is 12.1. The lowest BCUT2D eigenvalue weighted by molar-refractivity contribution is -0.146. The number of likely N-dealkylation sites (tertiary alicyclic amines) is 1. The molecule has 0 radical (unpaired) electrons. The van der Waals surface area contributed by atoms with Gasteiger partial charge in [0, 0.05) is 20.0 Å². The monoisotopic (exact) mass is 345 g/mol. The fourth-order valence-electron chi connectivity index (χ4n) is 4.59. The Balaban J connectivity index is 1.89. The van der Waals surface area contributed by atoms with Crippen LogP contribution in [0.2, 0.25) is 0 Å². The summed E-state index contributed by atoms with van der Waals surface area (Å²) < 4.78 is 0. The van der Waals surface area contributed by atoms with Gasteiger partial charge in [-0.05, 0) is 64.0 Å². The van der Waals surface area contributed by atoms with Gasteiger partial charge in [0.1, 0.15) is 5.54 Å². The van der Waals surface area contributed by atoms with Crippen molar-refractivity contribution >= 4 is 11.8 Å². The molecule has 2 heterocycles. The lowest BCUT2D eigenvalue weighted by atomic mass is 9.85. The van der Waals surface area contributed by atoms with Crippen molar-refractivity contribution in [3.8, 4) is 0 Å². The van der Waals surface area contributed by atoms with E-state index in [-0.39, 0.29) is 17.9 Å². The molecule has 2 N–H and O–H groups in total. The number of hydrogen-bond donors (Lipinski definition) is 2. The second-order valence-electron chi connectivity index (χ2n) is 7.69. The van der Waals surface area contributed by atoms with Gasteiger partial charge in [-0.1, -0.05) is 17.7 Å². The van der Waals surface area contributed by atoms with Crippen LogP contribution in [-0.2, 0) is 9.59 Å². The second kappa shape index (κ2) is 7.73. The highest BCUT2D eigenvalue weighted by Gasteiger charge is 2.50. The lowest BCUT2D eigenvalue weighted by Crippen LogP contribution is -2.59. The molecule has 25 heavy (non-hydrogen) atoms. The average Bonchev–Trinajstić information content (AvgIpc) is 3.23. The van der Waals surface area contributed by atoms with E-state index in [1.807, 2.05) is 4.90 Å². The first-order valence-electron chi connectivity index (χ1n) is 9.70. The predicted octanol–water partition coefficient (Wildman–Crippen LogP) is 2.29. The molecule has 0 aromatic rings. The van der Waals surface area contributed by atoms with E-state index in [1.54, 1.807) is 7.05 Å². The fraction of sp³-hybridized carbons (Fsp3) is 0.700. The Bertz CT molecular complexity index is 590. The quantitative estimate of drug-likeness (QED) is 0.822. The van der Waals surface area contributed by atoms with Gasteiger partial charge in [-0.25, -0.2) is 0 Å². The van der Waals surface area contributed by atoms with E-state index in [1.165, 1.54) is 11.1 Å². The average molecular weight is 345 g/mol. The molecular weight excluding hydrogens is 314 g/mol. The van der Waals surface area contributed by atoms with Crippen molar-refractivity contribution < 1.29 is 9.59 Å². The number of rotatable bonds is 4. The number of carbonyl (C=O) groups excluding carboxylic acids is 2. The molecule has 5 heteroatoms. The maximum absolute atomic E-state index is 13.1. The molecule has 1 aliphatic carbocycles. The molecule has 0 spiro atoms. The summed E-state index contributed by atoms with van der Waals surface area (Å²) >= 11 is 0. The number of likely N-dealkylation sites (N-methyl/N-ethyl adjacent to an activating group) is 1. The number of nitrogens with zero attached hydrogens (tertiary/aromatic N) is 1. The third kappa shape index (κ3) is 3.66. The molecule has 3 rings (SSSR count). The summed E-state index contributed by atoms with van der Waals surface area (Å²) in [5, 5.41) is 6.14. The van der Waals surface area contributed by atoms with Crippen LogP contribution in [0.1, 0.15) is 58.3 Å². The van der Waals surface area contributed by atoms with Crippen molar-refractivity contribution in [1.29, 1.82) is 0 Å². The molecule has 5 nitrogen and oxygen atoms in total. The largest absolute Gasteiger partial charge is 0.357 e. The number of carbonyl (C=O) groups is 2. The van der Waals surface area contributed by atoms with Crippen LogP contribution in [0, 0.1) is 0 Å². The Morgan fingerprint density at radius 1 is 1.36 bits per heavy atom. The van der Waals surface area contributed by atoms with E-state index in [2.05, 4.69) is 29.7 Å². The normalized spacial score (nSPS) is 29.8. The van der Waals surface area contributed by atoms with Crippen LogP contribution in [0.25, 0.3) is 0 Å². The standard InChI is InChI=1S/C20H31N3O2/c1-15-7-3-4-8-16(13-15)14-20(19(25)21-2)10-6-12-23(20)18(24)17-9-5-11-22-17/h8,13,17,22H,3-7,9-12,14H2,1-2H3,(H,21,25)/t17?,20-/m0/s1. The molecule has 3 aliphatic rings. The molecule has 2 amide bonds. The number of hydrogen-bond acceptors (Lipinski definition) is 3. The highest BCUT2D eigenvalue weighted by molar-refractivity contribution is 5.94. The van der Waals surface area contributed by atoms with Gasteiger partial charge in [0.25, 0.3) is 0 Å². The van der Waals surface area contributed by atoms with E-state index in [0.29, 0.717) is 13.0 Å². The van der Waals surface area contributed by atoms with Crippen molar-refractivity contribution in [2.24, 2.45) is 0 Å².